The van der Waals surface area contributed by atoms with Gasteiger partial charge in [0.2, 0.25) is 0 Å². The van der Waals surface area contributed by atoms with E-state index in [1.54, 1.807) is 0 Å². The van der Waals surface area contributed by atoms with Gasteiger partial charge >= 0.3 is 0 Å². The van der Waals surface area contributed by atoms with Gasteiger partial charge in [-0.2, -0.15) is 0 Å². The number of anilines is 1. The summed E-state index contributed by atoms with van der Waals surface area (Å²) in [6.45, 7) is 3.36. The predicted octanol–water partition coefficient (Wildman–Crippen LogP) is 3.85. The molecule has 0 aromatic carbocycles. The van der Waals surface area contributed by atoms with Crippen LogP contribution in [0.4, 0.5) is 5.13 Å². The molecule has 2 rings (SSSR count). The van der Waals surface area contributed by atoms with Crippen molar-refractivity contribution in [3.63, 3.8) is 0 Å². The van der Waals surface area contributed by atoms with Gasteiger partial charge in [-0.15, -0.1) is 11.3 Å². The monoisotopic (exact) mass is 302 g/mol. The molecule has 2 nitrogen and oxygen atoms in total. The lowest BCUT2D eigenvalue weighted by Gasteiger charge is -2.35. The van der Waals surface area contributed by atoms with Gasteiger partial charge in [0.25, 0.3) is 0 Å². The molecule has 0 spiro atoms. The molecule has 2 heterocycles. The molecule has 1 atom stereocenters. The van der Waals surface area contributed by atoms with Crippen LogP contribution in [0.5, 0.6) is 0 Å². The number of halogens is 1. The van der Waals surface area contributed by atoms with E-state index < -0.39 is 0 Å². The molecule has 1 fully saturated rings. The Balaban J connectivity index is 2.09. The second kappa shape index (κ2) is 6.01. The van der Waals surface area contributed by atoms with Crippen LogP contribution in [0.15, 0.2) is 5.38 Å². The molecule has 0 N–H and O–H groups in total. The summed E-state index contributed by atoms with van der Waals surface area (Å²) in [5, 5.41) is 4.54. The lowest BCUT2D eigenvalue weighted by Crippen LogP contribution is -2.39. The van der Waals surface area contributed by atoms with Crippen LogP contribution in [0.3, 0.4) is 0 Å². The quantitative estimate of drug-likeness (QED) is 0.785. The van der Waals surface area contributed by atoms with Gasteiger partial charge in [-0.1, -0.05) is 22.9 Å². The molecule has 0 saturated carbocycles. The fourth-order valence-corrected chi connectivity index (χ4v) is 3.80. The second-order valence-corrected chi connectivity index (χ2v) is 5.93. The van der Waals surface area contributed by atoms with Crippen LogP contribution < -0.4 is 4.90 Å². The first-order chi connectivity index (χ1) is 7.85. The largest absolute Gasteiger partial charge is 0.345 e. The van der Waals surface area contributed by atoms with Crippen molar-refractivity contribution in [1.29, 1.82) is 0 Å². The first-order valence-electron chi connectivity index (χ1n) is 6.12. The Morgan fingerprint density at radius 3 is 3.12 bits per heavy atom. The van der Waals surface area contributed by atoms with Crippen molar-refractivity contribution >= 4 is 32.4 Å². The summed E-state index contributed by atoms with van der Waals surface area (Å²) in [4.78, 5) is 7.24. The second-order valence-electron chi connectivity index (χ2n) is 4.30. The van der Waals surface area contributed by atoms with Crippen LogP contribution >= 0.6 is 27.3 Å². The van der Waals surface area contributed by atoms with Crippen molar-refractivity contribution in [2.45, 2.75) is 45.1 Å². The third-order valence-corrected chi connectivity index (χ3v) is 4.60. The van der Waals surface area contributed by atoms with Gasteiger partial charge in [0.1, 0.15) is 0 Å². The summed E-state index contributed by atoms with van der Waals surface area (Å²) < 4.78 is 0. The van der Waals surface area contributed by atoms with Crippen molar-refractivity contribution in [3.05, 3.63) is 11.1 Å². The van der Waals surface area contributed by atoms with Crippen molar-refractivity contribution in [1.82, 2.24) is 4.98 Å². The molecule has 16 heavy (non-hydrogen) atoms. The van der Waals surface area contributed by atoms with Crippen LogP contribution in [0.1, 0.15) is 38.3 Å². The number of aromatic nitrogens is 1. The average molecular weight is 303 g/mol. The SMILES string of the molecule is CCc1csc(N2CCCCC2CCBr)n1. The van der Waals surface area contributed by atoms with Crippen molar-refractivity contribution < 1.29 is 0 Å². The zero-order valence-corrected chi connectivity index (χ0v) is 12.2. The summed E-state index contributed by atoms with van der Waals surface area (Å²) in [6, 6.07) is 0.698. The van der Waals surface area contributed by atoms with E-state index in [2.05, 4.69) is 33.1 Å². The Labute approximate surface area is 110 Å². The van der Waals surface area contributed by atoms with Gasteiger partial charge in [0, 0.05) is 23.3 Å². The number of thiazole rings is 1. The summed E-state index contributed by atoms with van der Waals surface area (Å²) in [6.07, 6.45) is 6.31. The number of hydrogen-bond acceptors (Lipinski definition) is 3. The Morgan fingerprint density at radius 1 is 1.56 bits per heavy atom. The fraction of sp³-hybridized carbons (Fsp3) is 0.750. The topological polar surface area (TPSA) is 16.1 Å². The van der Waals surface area contributed by atoms with Crippen LogP contribution in [0.2, 0.25) is 0 Å². The molecule has 1 aliphatic rings. The number of alkyl halides is 1. The van der Waals surface area contributed by atoms with Crippen molar-refractivity contribution in [2.75, 3.05) is 16.8 Å². The Bertz CT molecular complexity index is 325. The van der Waals surface area contributed by atoms with E-state index in [-0.39, 0.29) is 0 Å². The minimum absolute atomic E-state index is 0.698. The molecule has 1 aliphatic heterocycles. The fourth-order valence-electron chi connectivity index (χ4n) is 2.27. The van der Waals surface area contributed by atoms with Crippen LogP contribution in [0, 0.1) is 0 Å². The van der Waals surface area contributed by atoms with Gasteiger partial charge < -0.3 is 4.90 Å². The highest BCUT2D eigenvalue weighted by Crippen LogP contribution is 2.29. The van der Waals surface area contributed by atoms with Crippen LogP contribution in [-0.2, 0) is 6.42 Å². The van der Waals surface area contributed by atoms with E-state index in [0.717, 1.165) is 11.8 Å². The van der Waals surface area contributed by atoms with E-state index in [9.17, 15) is 0 Å². The molecule has 0 amide bonds. The number of nitrogens with zero attached hydrogens (tertiary/aromatic N) is 2. The van der Waals surface area contributed by atoms with Crippen LogP contribution in [-0.4, -0.2) is 22.9 Å². The first-order valence-corrected chi connectivity index (χ1v) is 8.12. The van der Waals surface area contributed by atoms with Gasteiger partial charge in [-0.05, 0) is 32.1 Å². The van der Waals surface area contributed by atoms with E-state index >= 15 is 0 Å². The number of rotatable bonds is 4. The normalized spacial score (nSPS) is 21.4. The standard InChI is InChI=1S/C12H19BrN2S/c1-2-10-9-16-12(14-10)15-8-4-3-5-11(15)6-7-13/h9,11H,2-8H2,1H3. The molecule has 1 aromatic heterocycles. The average Bonchev–Trinajstić information content (AvgIpc) is 2.79. The Morgan fingerprint density at radius 2 is 2.44 bits per heavy atom. The molecular formula is C12H19BrN2S. The lowest BCUT2D eigenvalue weighted by atomic mass is 10.0. The number of aryl methyl sites for hydroxylation is 1. The van der Waals surface area contributed by atoms with Crippen molar-refractivity contribution in [3.8, 4) is 0 Å². The maximum Gasteiger partial charge on any atom is 0.185 e. The smallest absolute Gasteiger partial charge is 0.185 e. The minimum Gasteiger partial charge on any atom is -0.345 e. The van der Waals surface area contributed by atoms with E-state index in [1.165, 1.54) is 43.1 Å². The zero-order valence-electron chi connectivity index (χ0n) is 9.79. The first kappa shape index (κ1) is 12.4. The van der Waals surface area contributed by atoms with E-state index in [0.29, 0.717) is 6.04 Å². The molecule has 0 bridgehead atoms. The summed E-state index contributed by atoms with van der Waals surface area (Å²) >= 11 is 5.37. The molecular weight excluding hydrogens is 284 g/mol. The highest BCUT2D eigenvalue weighted by Gasteiger charge is 2.23. The number of hydrogen-bond donors (Lipinski definition) is 0. The molecule has 1 saturated heterocycles. The molecule has 1 unspecified atom stereocenters. The maximum atomic E-state index is 4.71. The molecule has 1 aromatic rings. The summed E-state index contributed by atoms with van der Waals surface area (Å²) in [5.74, 6) is 0. The molecule has 0 aliphatic carbocycles. The van der Waals surface area contributed by atoms with Gasteiger partial charge in [0.05, 0.1) is 5.69 Å². The lowest BCUT2D eigenvalue weighted by molar-refractivity contribution is 0.452. The van der Waals surface area contributed by atoms with E-state index in [1.807, 2.05) is 11.3 Å². The zero-order chi connectivity index (χ0) is 11.4. The Hall–Kier alpha value is -0.0900. The summed E-state index contributed by atoms with van der Waals surface area (Å²) in [5.41, 5.74) is 1.24. The van der Waals surface area contributed by atoms with Gasteiger partial charge in [-0.3, -0.25) is 0 Å². The predicted molar refractivity (Wildman–Crippen MR) is 74.9 cm³/mol. The molecule has 90 valence electrons. The van der Waals surface area contributed by atoms with Gasteiger partial charge in [0.15, 0.2) is 5.13 Å². The van der Waals surface area contributed by atoms with Crippen molar-refractivity contribution in [2.24, 2.45) is 0 Å². The third kappa shape index (κ3) is 2.77. The minimum atomic E-state index is 0.698. The Kier molecular flexibility index (Phi) is 4.65. The highest BCUT2D eigenvalue weighted by atomic mass is 79.9. The molecule has 4 heteroatoms. The van der Waals surface area contributed by atoms with Crippen LogP contribution in [0.25, 0.3) is 0 Å². The third-order valence-electron chi connectivity index (χ3n) is 3.22. The number of piperidine rings is 1. The summed E-state index contributed by atoms with van der Waals surface area (Å²) in [7, 11) is 0. The maximum absolute atomic E-state index is 4.71. The van der Waals surface area contributed by atoms with Gasteiger partial charge in [-0.25, -0.2) is 4.98 Å². The van der Waals surface area contributed by atoms with E-state index in [4.69, 9.17) is 4.98 Å². The highest BCUT2D eigenvalue weighted by molar-refractivity contribution is 9.09. The molecule has 0 radical (unpaired) electrons.